The Morgan fingerprint density at radius 2 is 1.64 bits per heavy atom. The van der Waals surface area contributed by atoms with Crippen LogP contribution in [0.5, 0.6) is 5.75 Å². The van der Waals surface area contributed by atoms with Crippen molar-refractivity contribution in [3.05, 3.63) is 103 Å². The van der Waals surface area contributed by atoms with E-state index in [1.165, 1.54) is 42.5 Å². The number of benzene rings is 3. The molecule has 0 saturated heterocycles. The third-order valence-corrected chi connectivity index (χ3v) is 6.08. The molecule has 0 unspecified atom stereocenters. The number of amides is 1. The Morgan fingerprint density at radius 1 is 1.00 bits per heavy atom. The van der Waals surface area contributed by atoms with Crippen LogP contribution in [0.3, 0.4) is 0 Å². The summed E-state index contributed by atoms with van der Waals surface area (Å²) in [5.41, 5.74) is -0.631. The van der Waals surface area contributed by atoms with Gasteiger partial charge in [-0.15, -0.1) is 0 Å². The van der Waals surface area contributed by atoms with Gasteiger partial charge in [-0.3, -0.25) is 25.0 Å². The number of anilines is 1. The van der Waals surface area contributed by atoms with Gasteiger partial charge in [-0.25, -0.2) is 0 Å². The quantitative estimate of drug-likeness (QED) is 0.145. The number of hydrogen-bond acceptors (Lipinski definition) is 9. The lowest BCUT2D eigenvalue weighted by molar-refractivity contribution is -0.385. The zero-order chi connectivity index (χ0) is 26.5. The van der Waals surface area contributed by atoms with E-state index >= 15 is 0 Å². The lowest BCUT2D eigenvalue weighted by Gasteiger charge is -2.07. The number of nitrogens with zero attached hydrogens (tertiary/aromatic N) is 3. The van der Waals surface area contributed by atoms with E-state index in [1.54, 1.807) is 6.07 Å². The van der Waals surface area contributed by atoms with Gasteiger partial charge in [0.05, 0.1) is 9.85 Å². The molecule has 3 rings (SSSR count). The minimum absolute atomic E-state index is 0.0532. The zero-order valence-electron chi connectivity index (χ0n) is 17.8. The summed E-state index contributed by atoms with van der Waals surface area (Å²) < 4.78 is 29.8. The maximum absolute atomic E-state index is 12.4. The molecular weight excluding hydrogens is 516 g/mol. The molecule has 1 N–H and O–H groups in total. The number of non-ortho nitro benzene ring substituents is 1. The number of nitrogens with one attached hydrogen (secondary N) is 1. The largest absolute Gasteiger partial charge is 0.379 e. The molecule has 0 saturated carbocycles. The van der Waals surface area contributed by atoms with E-state index in [1.807, 2.05) is 0 Å². The summed E-state index contributed by atoms with van der Waals surface area (Å²) in [6.45, 7) is 0. The molecule has 0 heterocycles. The highest BCUT2D eigenvalue weighted by molar-refractivity contribution is 7.87. The molecular formula is C22H13ClN4O8S. The molecule has 12 nitrogen and oxygen atoms in total. The molecule has 0 atom stereocenters. The molecule has 0 spiro atoms. The Labute approximate surface area is 208 Å². The molecule has 14 heteroatoms. The summed E-state index contributed by atoms with van der Waals surface area (Å²) in [6.07, 6.45) is 1.22. The summed E-state index contributed by atoms with van der Waals surface area (Å²) in [5, 5.41) is 33.3. The van der Waals surface area contributed by atoms with Gasteiger partial charge in [0.1, 0.15) is 27.3 Å². The average molecular weight is 529 g/mol. The Bertz CT molecular complexity index is 1530. The SMILES string of the molecule is N#C/C(=C\c1ccc(OS(=O)(=O)c2ccc([N+](=O)[O-])cc2)cc1)C(=O)Nc1ccc(Cl)c([N+](=O)[O-])c1. The second-order valence-electron chi connectivity index (χ2n) is 6.90. The number of halogens is 1. The monoisotopic (exact) mass is 528 g/mol. The predicted octanol–water partition coefficient (Wildman–Crippen LogP) is 4.47. The number of nitro benzene ring substituents is 2. The molecule has 3 aromatic rings. The van der Waals surface area contributed by atoms with Crippen LogP contribution in [0.15, 0.2) is 77.2 Å². The second-order valence-corrected chi connectivity index (χ2v) is 8.86. The fraction of sp³-hybridized carbons (Fsp3) is 0. The van der Waals surface area contributed by atoms with Crippen LogP contribution < -0.4 is 9.50 Å². The van der Waals surface area contributed by atoms with Crippen LogP contribution in [-0.2, 0) is 14.9 Å². The lowest BCUT2D eigenvalue weighted by atomic mass is 10.1. The summed E-state index contributed by atoms with van der Waals surface area (Å²) in [6, 6.07) is 14.8. The highest BCUT2D eigenvalue weighted by atomic mass is 35.5. The molecule has 0 fully saturated rings. The molecule has 182 valence electrons. The predicted molar refractivity (Wildman–Crippen MR) is 128 cm³/mol. The van der Waals surface area contributed by atoms with Crippen LogP contribution >= 0.6 is 11.6 Å². The highest BCUT2D eigenvalue weighted by Crippen LogP contribution is 2.28. The average Bonchev–Trinajstić information content (AvgIpc) is 2.84. The van der Waals surface area contributed by atoms with Gasteiger partial charge in [0, 0.05) is 23.9 Å². The van der Waals surface area contributed by atoms with Crippen molar-refractivity contribution in [2.45, 2.75) is 4.90 Å². The van der Waals surface area contributed by atoms with Gasteiger partial charge >= 0.3 is 10.1 Å². The maximum Gasteiger partial charge on any atom is 0.339 e. The summed E-state index contributed by atoms with van der Waals surface area (Å²) in [7, 11) is -4.27. The van der Waals surface area contributed by atoms with Crippen molar-refractivity contribution in [2.24, 2.45) is 0 Å². The molecule has 0 aliphatic heterocycles. The Morgan fingerprint density at radius 3 is 2.19 bits per heavy atom. The van der Waals surface area contributed by atoms with E-state index < -0.39 is 31.6 Å². The number of rotatable bonds is 8. The van der Waals surface area contributed by atoms with Gasteiger partial charge in [0.25, 0.3) is 17.3 Å². The molecule has 0 aliphatic rings. The van der Waals surface area contributed by atoms with Gasteiger partial charge in [0.2, 0.25) is 0 Å². The summed E-state index contributed by atoms with van der Waals surface area (Å²) in [4.78, 5) is 32.5. The van der Waals surface area contributed by atoms with Gasteiger partial charge in [0.15, 0.2) is 0 Å². The van der Waals surface area contributed by atoms with Crippen molar-refractivity contribution >= 4 is 50.8 Å². The van der Waals surface area contributed by atoms with Crippen molar-refractivity contribution in [1.82, 2.24) is 0 Å². The van der Waals surface area contributed by atoms with E-state index in [9.17, 15) is 38.7 Å². The van der Waals surface area contributed by atoms with E-state index in [0.29, 0.717) is 5.56 Å². The number of hydrogen-bond donors (Lipinski definition) is 1. The second kappa shape index (κ2) is 10.6. The molecule has 0 radical (unpaired) electrons. The van der Waals surface area contributed by atoms with Crippen molar-refractivity contribution in [3.8, 4) is 11.8 Å². The van der Waals surface area contributed by atoms with Crippen LogP contribution in [0.1, 0.15) is 5.56 Å². The van der Waals surface area contributed by atoms with E-state index in [2.05, 4.69) is 5.32 Å². The van der Waals surface area contributed by atoms with Crippen molar-refractivity contribution in [3.63, 3.8) is 0 Å². The molecule has 1 amide bonds. The topological polar surface area (TPSA) is 183 Å². The van der Waals surface area contributed by atoms with Crippen LogP contribution in [0.2, 0.25) is 5.02 Å². The van der Waals surface area contributed by atoms with Gasteiger partial charge < -0.3 is 9.50 Å². The Hall–Kier alpha value is -4.80. The lowest BCUT2D eigenvalue weighted by Crippen LogP contribution is -2.13. The van der Waals surface area contributed by atoms with Gasteiger partial charge in [-0.05, 0) is 48.0 Å². The maximum atomic E-state index is 12.4. The Balaban J connectivity index is 1.74. The van der Waals surface area contributed by atoms with E-state index in [4.69, 9.17) is 15.8 Å². The number of nitro groups is 2. The summed E-state index contributed by atoms with van der Waals surface area (Å²) >= 11 is 5.74. The highest BCUT2D eigenvalue weighted by Gasteiger charge is 2.19. The first-order valence-corrected chi connectivity index (χ1v) is 11.4. The normalized spacial score (nSPS) is 11.3. The summed E-state index contributed by atoms with van der Waals surface area (Å²) in [5.74, 6) is -0.919. The molecule has 36 heavy (non-hydrogen) atoms. The van der Waals surface area contributed by atoms with Crippen LogP contribution in [0.4, 0.5) is 17.1 Å². The first-order valence-electron chi connectivity index (χ1n) is 9.66. The zero-order valence-corrected chi connectivity index (χ0v) is 19.4. The number of nitriles is 1. The van der Waals surface area contributed by atoms with Gasteiger partial charge in [-0.2, -0.15) is 13.7 Å². The minimum atomic E-state index is -4.27. The third-order valence-electron chi connectivity index (χ3n) is 4.50. The third kappa shape index (κ3) is 6.20. The fourth-order valence-electron chi connectivity index (χ4n) is 2.77. The van der Waals surface area contributed by atoms with Crippen molar-refractivity contribution < 1.29 is 27.2 Å². The molecule has 0 aromatic heterocycles. The molecule has 3 aromatic carbocycles. The van der Waals surface area contributed by atoms with Crippen LogP contribution in [0, 0.1) is 31.6 Å². The first kappa shape index (κ1) is 25.8. The van der Waals surface area contributed by atoms with Gasteiger partial charge in [-0.1, -0.05) is 23.7 Å². The fourth-order valence-corrected chi connectivity index (χ4v) is 3.89. The van der Waals surface area contributed by atoms with Crippen LogP contribution in [-0.4, -0.2) is 24.2 Å². The standard InChI is InChI=1S/C22H13ClN4O8S/c23-20-10-3-16(12-21(20)27(31)32)25-22(28)15(13-24)11-14-1-6-18(7-2-14)35-36(33,34)19-8-4-17(5-9-19)26(29)30/h1-12H,(H,25,28)/b15-11+. The van der Waals surface area contributed by atoms with Crippen molar-refractivity contribution in [1.29, 1.82) is 5.26 Å². The van der Waals surface area contributed by atoms with E-state index in [-0.39, 0.29) is 32.6 Å². The minimum Gasteiger partial charge on any atom is -0.379 e. The van der Waals surface area contributed by atoms with Crippen molar-refractivity contribution in [2.75, 3.05) is 5.32 Å². The van der Waals surface area contributed by atoms with E-state index in [0.717, 1.165) is 30.3 Å². The molecule has 0 bridgehead atoms. The first-order chi connectivity index (χ1) is 17.0. The van der Waals surface area contributed by atoms with Crippen LogP contribution in [0.25, 0.3) is 6.08 Å². The smallest absolute Gasteiger partial charge is 0.339 e. The number of carbonyl (C=O) groups is 1. The number of carbonyl (C=O) groups excluding carboxylic acids is 1. The Kier molecular flexibility index (Phi) is 7.63. The molecule has 0 aliphatic carbocycles.